The third-order valence-electron chi connectivity index (χ3n) is 2.91. The minimum absolute atomic E-state index is 0.0569. The molecule has 1 amide bonds. The van der Waals surface area contributed by atoms with Crippen molar-refractivity contribution in [3.63, 3.8) is 0 Å². The van der Waals surface area contributed by atoms with E-state index in [1.54, 1.807) is 0 Å². The molecule has 2 N–H and O–H groups in total. The highest BCUT2D eigenvalue weighted by atomic mass is 19.4. The van der Waals surface area contributed by atoms with Gasteiger partial charge >= 0.3 is 6.18 Å². The van der Waals surface area contributed by atoms with Gasteiger partial charge in [0.25, 0.3) is 5.91 Å². The van der Waals surface area contributed by atoms with Crippen LogP contribution in [0.1, 0.15) is 16.9 Å². The molecular weight excluding hydrogens is 247 g/mol. The van der Waals surface area contributed by atoms with Crippen LogP contribution >= 0.6 is 0 Å². The van der Waals surface area contributed by atoms with Gasteiger partial charge in [-0.25, -0.2) is 0 Å². The maximum atomic E-state index is 12.3. The smallest absolute Gasteiger partial charge is 0.336 e. The average molecular weight is 261 g/mol. The Bertz CT molecular complexity index is 441. The fourth-order valence-electron chi connectivity index (χ4n) is 2.07. The van der Waals surface area contributed by atoms with Crippen molar-refractivity contribution in [1.82, 2.24) is 9.47 Å². The SMILES string of the molecule is NC1CCN(C(=O)c2cccn2CC(F)(F)F)C1. The van der Waals surface area contributed by atoms with E-state index in [0.717, 1.165) is 4.57 Å². The molecule has 1 fully saturated rings. The number of amides is 1. The second-order valence-electron chi connectivity index (χ2n) is 4.44. The second-order valence-corrected chi connectivity index (χ2v) is 4.44. The maximum absolute atomic E-state index is 12.3. The highest BCUT2D eigenvalue weighted by molar-refractivity contribution is 5.93. The van der Waals surface area contributed by atoms with Crippen molar-refractivity contribution in [1.29, 1.82) is 0 Å². The van der Waals surface area contributed by atoms with Gasteiger partial charge in [-0.15, -0.1) is 0 Å². The van der Waals surface area contributed by atoms with E-state index in [2.05, 4.69) is 0 Å². The lowest BCUT2D eigenvalue weighted by Gasteiger charge is -2.18. The molecule has 100 valence electrons. The van der Waals surface area contributed by atoms with Gasteiger partial charge in [0.1, 0.15) is 12.2 Å². The van der Waals surface area contributed by atoms with Crippen LogP contribution in [0.15, 0.2) is 18.3 Å². The molecule has 1 unspecified atom stereocenters. The Labute approximate surface area is 102 Å². The van der Waals surface area contributed by atoms with Crippen LogP contribution in [0.5, 0.6) is 0 Å². The van der Waals surface area contributed by atoms with Crippen LogP contribution in [-0.2, 0) is 6.54 Å². The van der Waals surface area contributed by atoms with Crippen molar-refractivity contribution >= 4 is 5.91 Å². The molecule has 4 nitrogen and oxygen atoms in total. The van der Waals surface area contributed by atoms with Crippen molar-refractivity contribution in [2.24, 2.45) is 5.73 Å². The van der Waals surface area contributed by atoms with Crippen molar-refractivity contribution in [2.75, 3.05) is 13.1 Å². The van der Waals surface area contributed by atoms with Gasteiger partial charge in [0.2, 0.25) is 0 Å². The van der Waals surface area contributed by atoms with Crippen LogP contribution in [0, 0.1) is 0 Å². The number of nitrogens with zero attached hydrogens (tertiary/aromatic N) is 2. The van der Waals surface area contributed by atoms with Crippen molar-refractivity contribution in [3.05, 3.63) is 24.0 Å². The molecule has 0 aliphatic carbocycles. The second kappa shape index (κ2) is 4.64. The first kappa shape index (κ1) is 12.9. The zero-order valence-corrected chi connectivity index (χ0v) is 9.65. The number of nitrogens with two attached hydrogens (primary N) is 1. The highest BCUT2D eigenvalue weighted by Gasteiger charge is 2.31. The molecule has 0 spiro atoms. The number of aromatic nitrogens is 1. The summed E-state index contributed by atoms with van der Waals surface area (Å²) in [6.07, 6.45) is -2.39. The average Bonchev–Trinajstić information content (AvgIpc) is 2.84. The maximum Gasteiger partial charge on any atom is 0.406 e. The number of carbonyl (C=O) groups excluding carboxylic acids is 1. The Morgan fingerprint density at radius 3 is 2.78 bits per heavy atom. The van der Waals surface area contributed by atoms with Gasteiger partial charge in [-0.2, -0.15) is 13.2 Å². The number of hydrogen-bond donors (Lipinski definition) is 1. The van der Waals surface area contributed by atoms with Gasteiger partial charge in [0.15, 0.2) is 0 Å². The predicted octanol–water partition coefficient (Wildman–Crippen LogP) is 1.22. The Balaban J connectivity index is 2.14. The van der Waals surface area contributed by atoms with Crippen LogP contribution in [-0.4, -0.2) is 40.7 Å². The van der Waals surface area contributed by atoms with Crippen LogP contribution < -0.4 is 5.73 Å². The number of halogens is 3. The lowest BCUT2D eigenvalue weighted by atomic mass is 10.3. The fraction of sp³-hybridized carbons (Fsp3) is 0.545. The zero-order valence-electron chi connectivity index (χ0n) is 9.65. The van der Waals surface area contributed by atoms with E-state index in [0.29, 0.717) is 19.5 Å². The van der Waals surface area contributed by atoms with E-state index >= 15 is 0 Å². The Morgan fingerprint density at radius 1 is 1.50 bits per heavy atom. The molecule has 0 bridgehead atoms. The van der Waals surface area contributed by atoms with E-state index in [-0.39, 0.29) is 11.7 Å². The van der Waals surface area contributed by atoms with Crippen LogP contribution in [0.2, 0.25) is 0 Å². The normalized spacial score (nSPS) is 20.4. The van der Waals surface area contributed by atoms with Crippen molar-refractivity contribution in [3.8, 4) is 0 Å². The topological polar surface area (TPSA) is 51.3 Å². The molecule has 1 atom stereocenters. The first-order valence-electron chi connectivity index (χ1n) is 5.63. The predicted molar refractivity (Wildman–Crippen MR) is 59.0 cm³/mol. The molecule has 18 heavy (non-hydrogen) atoms. The summed E-state index contributed by atoms with van der Waals surface area (Å²) in [4.78, 5) is 13.5. The van der Waals surface area contributed by atoms with Gasteiger partial charge in [-0.1, -0.05) is 0 Å². The van der Waals surface area contributed by atoms with Gasteiger partial charge in [0.05, 0.1) is 0 Å². The van der Waals surface area contributed by atoms with Crippen LogP contribution in [0.3, 0.4) is 0 Å². The van der Waals surface area contributed by atoms with Gasteiger partial charge in [-0.3, -0.25) is 4.79 Å². The molecule has 0 radical (unpaired) electrons. The molecule has 0 saturated carbocycles. The summed E-state index contributed by atoms with van der Waals surface area (Å²) in [6, 6.07) is 2.76. The first-order chi connectivity index (χ1) is 8.37. The van der Waals surface area contributed by atoms with Crippen molar-refractivity contribution in [2.45, 2.75) is 25.2 Å². The molecule has 2 rings (SSSR count). The quantitative estimate of drug-likeness (QED) is 0.870. The van der Waals surface area contributed by atoms with Crippen LogP contribution in [0.4, 0.5) is 13.2 Å². The highest BCUT2D eigenvalue weighted by Crippen LogP contribution is 2.20. The van der Waals surface area contributed by atoms with E-state index in [4.69, 9.17) is 5.73 Å². The minimum Gasteiger partial charge on any atom is -0.336 e. The number of carbonyl (C=O) groups is 1. The van der Waals surface area contributed by atoms with E-state index < -0.39 is 18.6 Å². The van der Waals surface area contributed by atoms with E-state index in [9.17, 15) is 18.0 Å². The summed E-state index contributed by atoms with van der Waals surface area (Å²) in [6.45, 7) is -0.256. The zero-order chi connectivity index (χ0) is 13.3. The van der Waals surface area contributed by atoms with Crippen LogP contribution in [0.25, 0.3) is 0 Å². The molecule has 1 aromatic rings. The Hall–Kier alpha value is -1.50. The lowest BCUT2D eigenvalue weighted by Crippen LogP contribution is -2.33. The molecule has 7 heteroatoms. The molecule has 1 aromatic heterocycles. The summed E-state index contributed by atoms with van der Waals surface area (Å²) >= 11 is 0. The summed E-state index contributed by atoms with van der Waals surface area (Å²) in [5.41, 5.74) is 5.73. The summed E-state index contributed by atoms with van der Waals surface area (Å²) in [5.74, 6) is -0.391. The molecule has 1 aliphatic heterocycles. The third kappa shape index (κ3) is 2.84. The van der Waals surface area contributed by atoms with Crippen molar-refractivity contribution < 1.29 is 18.0 Å². The van der Waals surface area contributed by atoms with Gasteiger partial charge in [0, 0.05) is 25.3 Å². The standard InChI is InChI=1S/C11H14F3N3O/c12-11(13,14)7-17-4-1-2-9(17)10(18)16-5-3-8(15)6-16/h1-2,4,8H,3,5-7,15H2. The monoisotopic (exact) mass is 261 g/mol. The Kier molecular flexibility index (Phi) is 3.34. The fourth-order valence-corrected chi connectivity index (χ4v) is 2.07. The lowest BCUT2D eigenvalue weighted by molar-refractivity contribution is -0.140. The molecule has 2 heterocycles. The Morgan fingerprint density at radius 2 is 2.22 bits per heavy atom. The molecule has 0 aromatic carbocycles. The number of alkyl halides is 3. The molecular formula is C11H14F3N3O. The molecule has 1 aliphatic rings. The first-order valence-corrected chi connectivity index (χ1v) is 5.63. The van der Waals surface area contributed by atoms with E-state index in [1.807, 2.05) is 0 Å². The minimum atomic E-state index is -4.34. The molecule has 1 saturated heterocycles. The number of likely N-dealkylation sites (tertiary alicyclic amines) is 1. The number of rotatable bonds is 2. The summed E-state index contributed by atoms with van der Waals surface area (Å²) in [5, 5.41) is 0. The summed E-state index contributed by atoms with van der Waals surface area (Å²) in [7, 11) is 0. The third-order valence-corrected chi connectivity index (χ3v) is 2.91. The van der Waals surface area contributed by atoms with Gasteiger partial charge < -0.3 is 15.2 Å². The van der Waals surface area contributed by atoms with Gasteiger partial charge in [-0.05, 0) is 18.6 Å². The number of hydrogen-bond acceptors (Lipinski definition) is 2. The largest absolute Gasteiger partial charge is 0.406 e. The summed E-state index contributed by atoms with van der Waals surface area (Å²) < 4.78 is 37.9. The van der Waals surface area contributed by atoms with E-state index in [1.165, 1.54) is 23.2 Å².